The Morgan fingerprint density at radius 2 is 2.44 bits per heavy atom. The molecule has 0 bridgehead atoms. The van der Waals surface area contributed by atoms with Crippen molar-refractivity contribution in [2.45, 2.75) is 32.4 Å². The van der Waals surface area contributed by atoms with Crippen LogP contribution in [0.5, 0.6) is 0 Å². The highest BCUT2D eigenvalue weighted by molar-refractivity contribution is 7.99. The molecule has 0 spiro atoms. The van der Waals surface area contributed by atoms with Crippen molar-refractivity contribution in [3.8, 4) is 0 Å². The fourth-order valence-electron chi connectivity index (χ4n) is 1.73. The minimum atomic E-state index is 0.157. The molecule has 1 aliphatic heterocycles. The van der Waals surface area contributed by atoms with E-state index in [0.717, 1.165) is 24.6 Å². The summed E-state index contributed by atoms with van der Waals surface area (Å²) in [6.45, 7) is 6.83. The number of nitrogens with one attached hydrogen (secondary N) is 3. The van der Waals surface area contributed by atoms with E-state index in [4.69, 9.17) is 0 Å². The number of amides is 1. The van der Waals surface area contributed by atoms with Crippen LogP contribution >= 0.6 is 11.8 Å². The molecule has 3 N–H and O–H groups in total. The van der Waals surface area contributed by atoms with Gasteiger partial charge in [-0.05, 0) is 13.5 Å². The Bertz CT molecular complexity index is 207. The molecule has 1 rings (SSSR count). The second-order valence-corrected chi connectivity index (χ2v) is 5.34. The molecule has 16 heavy (non-hydrogen) atoms. The van der Waals surface area contributed by atoms with Crippen LogP contribution in [0.4, 0.5) is 0 Å². The first-order valence-corrected chi connectivity index (χ1v) is 7.19. The van der Waals surface area contributed by atoms with Gasteiger partial charge in [0.15, 0.2) is 0 Å². The van der Waals surface area contributed by atoms with E-state index in [9.17, 15) is 4.79 Å². The fraction of sp³-hybridized carbons (Fsp3) is 0.909. The van der Waals surface area contributed by atoms with Gasteiger partial charge >= 0.3 is 0 Å². The van der Waals surface area contributed by atoms with E-state index >= 15 is 0 Å². The lowest BCUT2D eigenvalue weighted by Crippen LogP contribution is -2.44. The minimum absolute atomic E-state index is 0.157. The Labute approximate surface area is 102 Å². The molecule has 1 unspecified atom stereocenters. The van der Waals surface area contributed by atoms with Crippen LogP contribution in [-0.4, -0.2) is 49.1 Å². The monoisotopic (exact) mass is 245 g/mol. The maximum absolute atomic E-state index is 11.6. The normalized spacial score (nSPS) is 22.8. The third-order valence-corrected chi connectivity index (χ3v) is 3.72. The average molecular weight is 245 g/mol. The number of carbonyl (C=O) groups excluding carboxylic acids is 1. The minimum Gasteiger partial charge on any atom is -0.354 e. The van der Waals surface area contributed by atoms with Gasteiger partial charge in [0.05, 0.1) is 0 Å². The van der Waals surface area contributed by atoms with Gasteiger partial charge in [0, 0.05) is 43.1 Å². The first-order chi connectivity index (χ1) is 7.72. The van der Waals surface area contributed by atoms with Crippen molar-refractivity contribution in [3.05, 3.63) is 0 Å². The Hall–Kier alpha value is -0.260. The molecule has 5 heteroatoms. The van der Waals surface area contributed by atoms with Crippen molar-refractivity contribution in [2.75, 3.05) is 31.1 Å². The molecule has 94 valence electrons. The van der Waals surface area contributed by atoms with E-state index in [1.807, 2.05) is 11.8 Å². The summed E-state index contributed by atoms with van der Waals surface area (Å²) in [6, 6.07) is 0.704. The highest BCUT2D eigenvalue weighted by atomic mass is 32.2. The highest BCUT2D eigenvalue weighted by Crippen LogP contribution is 2.09. The topological polar surface area (TPSA) is 53.2 Å². The summed E-state index contributed by atoms with van der Waals surface area (Å²) in [5.74, 6) is 2.37. The van der Waals surface area contributed by atoms with Crippen LogP contribution in [0.2, 0.25) is 0 Å². The zero-order valence-electron chi connectivity index (χ0n) is 10.2. The van der Waals surface area contributed by atoms with Crippen LogP contribution in [-0.2, 0) is 4.79 Å². The van der Waals surface area contributed by atoms with Crippen molar-refractivity contribution in [1.29, 1.82) is 0 Å². The van der Waals surface area contributed by atoms with Crippen LogP contribution in [0.3, 0.4) is 0 Å². The van der Waals surface area contributed by atoms with E-state index in [-0.39, 0.29) is 5.91 Å². The van der Waals surface area contributed by atoms with Gasteiger partial charge in [-0.3, -0.25) is 4.79 Å². The van der Waals surface area contributed by atoms with Crippen LogP contribution in [0, 0.1) is 0 Å². The summed E-state index contributed by atoms with van der Waals surface area (Å²) in [5, 5.41) is 9.60. The number of likely N-dealkylation sites (N-methyl/N-ethyl adjacent to an activating group) is 1. The Morgan fingerprint density at radius 3 is 3.06 bits per heavy atom. The third kappa shape index (κ3) is 5.72. The number of hydrogen-bond donors (Lipinski definition) is 3. The quantitative estimate of drug-likeness (QED) is 0.625. The van der Waals surface area contributed by atoms with Crippen molar-refractivity contribution in [2.24, 2.45) is 0 Å². The van der Waals surface area contributed by atoms with E-state index in [0.29, 0.717) is 25.0 Å². The smallest absolute Gasteiger partial charge is 0.221 e. The third-order valence-electron chi connectivity index (χ3n) is 2.59. The second-order valence-electron chi connectivity index (χ2n) is 4.19. The Kier molecular flexibility index (Phi) is 6.84. The molecule has 1 fully saturated rings. The molecule has 1 saturated heterocycles. The lowest BCUT2D eigenvalue weighted by molar-refractivity contribution is -0.121. The summed E-state index contributed by atoms with van der Waals surface area (Å²) in [4.78, 5) is 11.6. The van der Waals surface area contributed by atoms with E-state index in [1.54, 1.807) is 0 Å². The van der Waals surface area contributed by atoms with Crippen molar-refractivity contribution < 1.29 is 4.79 Å². The van der Waals surface area contributed by atoms with Gasteiger partial charge in [0.1, 0.15) is 0 Å². The summed E-state index contributed by atoms with van der Waals surface area (Å²) >= 11 is 1.92. The number of rotatable bonds is 6. The van der Waals surface area contributed by atoms with Crippen LogP contribution in [0.1, 0.15) is 20.3 Å². The fourth-order valence-corrected chi connectivity index (χ4v) is 2.68. The molecular formula is C11H23N3OS. The first-order valence-electron chi connectivity index (χ1n) is 6.03. The Morgan fingerprint density at radius 1 is 1.62 bits per heavy atom. The van der Waals surface area contributed by atoms with Crippen LogP contribution in [0.25, 0.3) is 0 Å². The SMILES string of the molecule is CCN[C@H](C)CNC(=O)CC1CSCCN1. The highest BCUT2D eigenvalue weighted by Gasteiger charge is 2.16. The van der Waals surface area contributed by atoms with E-state index < -0.39 is 0 Å². The zero-order valence-corrected chi connectivity index (χ0v) is 11.0. The molecule has 0 aromatic carbocycles. The van der Waals surface area contributed by atoms with Crippen LogP contribution in [0.15, 0.2) is 0 Å². The van der Waals surface area contributed by atoms with E-state index in [1.165, 1.54) is 0 Å². The summed E-state index contributed by atoms with van der Waals surface area (Å²) in [7, 11) is 0. The van der Waals surface area contributed by atoms with Crippen molar-refractivity contribution >= 4 is 17.7 Å². The number of thioether (sulfide) groups is 1. The van der Waals surface area contributed by atoms with Gasteiger partial charge in [-0.15, -0.1) is 0 Å². The summed E-state index contributed by atoms with van der Waals surface area (Å²) in [6.07, 6.45) is 0.603. The summed E-state index contributed by atoms with van der Waals surface area (Å²) in [5.41, 5.74) is 0. The molecular weight excluding hydrogens is 222 g/mol. The van der Waals surface area contributed by atoms with Gasteiger partial charge in [-0.2, -0.15) is 11.8 Å². The van der Waals surface area contributed by atoms with E-state index in [2.05, 4.69) is 29.8 Å². The molecule has 0 aromatic rings. The molecule has 0 radical (unpaired) electrons. The average Bonchev–Trinajstić information content (AvgIpc) is 2.28. The van der Waals surface area contributed by atoms with Crippen LogP contribution < -0.4 is 16.0 Å². The molecule has 0 aromatic heterocycles. The maximum Gasteiger partial charge on any atom is 0.221 e. The molecule has 2 atom stereocenters. The zero-order chi connectivity index (χ0) is 11.8. The molecule has 4 nitrogen and oxygen atoms in total. The van der Waals surface area contributed by atoms with Gasteiger partial charge < -0.3 is 16.0 Å². The van der Waals surface area contributed by atoms with Crippen molar-refractivity contribution in [3.63, 3.8) is 0 Å². The lowest BCUT2D eigenvalue weighted by atomic mass is 10.2. The second kappa shape index (κ2) is 7.92. The first kappa shape index (κ1) is 13.8. The molecule has 1 aliphatic rings. The van der Waals surface area contributed by atoms with Gasteiger partial charge in [0.25, 0.3) is 0 Å². The predicted octanol–water partition coefficient (Wildman–Crippen LogP) is 0.196. The lowest BCUT2D eigenvalue weighted by Gasteiger charge is -2.23. The van der Waals surface area contributed by atoms with Gasteiger partial charge in [0.2, 0.25) is 5.91 Å². The summed E-state index contributed by atoms with van der Waals surface area (Å²) < 4.78 is 0. The van der Waals surface area contributed by atoms with Crippen molar-refractivity contribution in [1.82, 2.24) is 16.0 Å². The van der Waals surface area contributed by atoms with Gasteiger partial charge in [-0.25, -0.2) is 0 Å². The van der Waals surface area contributed by atoms with Gasteiger partial charge in [-0.1, -0.05) is 6.92 Å². The molecule has 1 heterocycles. The largest absolute Gasteiger partial charge is 0.354 e. The molecule has 0 aliphatic carbocycles. The number of carbonyl (C=O) groups is 1. The predicted molar refractivity (Wildman–Crippen MR) is 69.9 cm³/mol. The molecule has 0 saturated carbocycles. The standard InChI is InChI=1S/C11H23N3OS/c1-3-12-9(2)7-14-11(15)6-10-8-16-5-4-13-10/h9-10,12-13H,3-8H2,1-2H3,(H,14,15)/t9-,10?/m1/s1. The maximum atomic E-state index is 11.6. The number of hydrogen-bond acceptors (Lipinski definition) is 4. The molecule has 1 amide bonds. The Balaban J connectivity index is 2.10.